The van der Waals surface area contributed by atoms with Crippen LogP contribution in [-0.2, 0) is 0 Å². The molecule has 0 bridgehead atoms. The third-order valence-electron chi connectivity index (χ3n) is 1.64. The van der Waals surface area contributed by atoms with Gasteiger partial charge in [-0.1, -0.05) is 28.1 Å². The summed E-state index contributed by atoms with van der Waals surface area (Å²) in [6.07, 6.45) is 0. The number of aliphatic hydroxyl groups excluding tert-OH is 1. The highest BCUT2D eigenvalue weighted by Crippen LogP contribution is 2.18. The summed E-state index contributed by atoms with van der Waals surface area (Å²) >= 11 is 3.29. The van der Waals surface area contributed by atoms with Crippen LogP contribution in [0.25, 0.3) is 5.76 Å². The van der Waals surface area contributed by atoms with Crippen molar-refractivity contribution in [2.45, 2.75) is 6.92 Å². The maximum absolute atomic E-state index is 9.52. The second kappa shape index (κ2) is 4.11. The first-order chi connectivity index (χ1) is 6.15. The number of halogens is 1. The van der Waals surface area contributed by atoms with E-state index in [1.165, 1.54) is 0 Å². The van der Waals surface area contributed by atoms with Gasteiger partial charge in [0.15, 0.2) is 0 Å². The molecule has 13 heavy (non-hydrogen) atoms. The number of benzene rings is 1. The summed E-state index contributed by atoms with van der Waals surface area (Å²) in [5.41, 5.74) is 0.976. The number of nitriles is 1. The Morgan fingerprint density at radius 3 is 2.38 bits per heavy atom. The van der Waals surface area contributed by atoms with E-state index < -0.39 is 0 Å². The maximum atomic E-state index is 9.52. The van der Waals surface area contributed by atoms with Gasteiger partial charge in [0.2, 0.25) is 0 Å². The van der Waals surface area contributed by atoms with E-state index >= 15 is 0 Å². The van der Waals surface area contributed by atoms with Crippen molar-refractivity contribution in [3.8, 4) is 6.07 Å². The molecular formula is C10H8BrNO. The van der Waals surface area contributed by atoms with Crippen molar-refractivity contribution in [3.63, 3.8) is 0 Å². The zero-order valence-electron chi connectivity index (χ0n) is 7.08. The summed E-state index contributed by atoms with van der Waals surface area (Å²) in [6.45, 7) is 1.58. The Hall–Kier alpha value is -1.27. The zero-order chi connectivity index (χ0) is 9.84. The number of nitrogens with zero attached hydrogens (tertiary/aromatic N) is 1. The summed E-state index contributed by atoms with van der Waals surface area (Å²) in [6, 6.07) is 9.03. The third-order valence-corrected chi connectivity index (χ3v) is 2.17. The highest BCUT2D eigenvalue weighted by Gasteiger charge is 2.02. The van der Waals surface area contributed by atoms with Gasteiger partial charge in [0.25, 0.3) is 0 Å². The van der Waals surface area contributed by atoms with Crippen LogP contribution >= 0.6 is 15.9 Å². The van der Waals surface area contributed by atoms with Crippen LogP contribution in [0.4, 0.5) is 0 Å². The van der Waals surface area contributed by atoms with Crippen molar-refractivity contribution in [1.82, 2.24) is 0 Å². The largest absolute Gasteiger partial charge is 0.506 e. The highest BCUT2D eigenvalue weighted by atomic mass is 79.9. The molecule has 1 N–H and O–H groups in total. The van der Waals surface area contributed by atoms with Crippen molar-refractivity contribution < 1.29 is 5.11 Å². The average Bonchev–Trinajstić information content (AvgIpc) is 2.17. The van der Waals surface area contributed by atoms with Crippen molar-refractivity contribution in [2.75, 3.05) is 0 Å². The van der Waals surface area contributed by atoms with E-state index in [9.17, 15) is 5.11 Å². The van der Waals surface area contributed by atoms with Gasteiger partial charge in [-0.25, -0.2) is 0 Å². The summed E-state index contributed by atoms with van der Waals surface area (Å²) in [5, 5.41) is 18.1. The molecule has 0 aliphatic rings. The number of hydrogen-bond donors (Lipinski definition) is 1. The van der Waals surface area contributed by atoms with Crippen LogP contribution in [0.3, 0.4) is 0 Å². The van der Waals surface area contributed by atoms with Gasteiger partial charge in [0.05, 0.1) is 11.6 Å². The second-order valence-electron chi connectivity index (χ2n) is 2.59. The molecule has 3 heteroatoms. The first kappa shape index (κ1) is 9.82. The van der Waals surface area contributed by atoms with Crippen molar-refractivity contribution >= 4 is 21.7 Å². The van der Waals surface area contributed by atoms with Crippen LogP contribution in [0.5, 0.6) is 0 Å². The summed E-state index contributed by atoms with van der Waals surface area (Å²) in [4.78, 5) is 0. The van der Waals surface area contributed by atoms with Crippen LogP contribution < -0.4 is 0 Å². The fourth-order valence-corrected chi connectivity index (χ4v) is 1.14. The predicted molar refractivity (Wildman–Crippen MR) is 55.0 cm³/mol. The molecule has 0 aliphatic heterocycles. The zero-order valence-corrected chi connectivity index (χ0v) is 8.67. The monoisotopic (exact) mass is 237 g/mol. The van der Waals surface area contributed by atoms with E-state index in [1.54, 1.807) is 19.1 Å². The van der Waals surface area contributed by atoms with E-state index in [0.717, 1.165) is 4.47 Å². The molecule has 1 aromatic rings. The minimum Gasteiger partial charge on any atom is -0.506 e. The van der Waals surface area contributed by atoms with Crippen LogP contribution in [0, 0.1) is 11.3 Å². The number of allylic oxidation sites excluding steroid dienone is 1. The first-order valence-corrected chi connectivity index (χ1v) is 4.50. The van der Waals surface area contributed by atoms with Crippen molar-refractivity contribution in [3.05, 3.63) is 39.9 Å². The molecule has 0 aliphatic carbocycles. The molecular weight excluding hydrogens is 230 g/mol. The molecule has 66 valence electrons. The Bertz CT molecular complexity index is 373. The molecule has 0 aromatic heterocycles. The molecule has 0 unspecified atom stereocenters. The van der Waals surface area contributed by atoms with E-state index in [4.69, 9.17) is 5.26 Å². The highest BCUT2D eigenvalue weighted by molar-refractivity contribution is 9.10. The van der Waals surface area contributed by atoms with Gasteiger partial charge in [-0.2, -0.15) is 5.26 Å². The Kier molecular flexibility index (Phi) is 3.10. The normalized spacial score (nSPS) is 11.8. The van der Waals surface area contributed by atoms with Gasteiger partial charge >= 0.3 is 0 Å². The number of rotatable bonds is 1. The minimum absolute atomic E-state index is 0.0370. The molecule has 2 nitrogen and oxygen atoms in total. The predicted octanol–water partition coefficient (Wildman–Crippen LogP) is 3.26. The summed E-state index contributed by atoms with van der Waals surface area (Å²) in [7, 11) is 0. The second-order valence-corrected chi connectivity index (χ2v) is 3.51. The smallest absolute Gasteiger partial charge is 0.136 e. The molecule has 0 fully saturated rings. The van der Waals surface area contributed by atoms with E-state index in [-0.39, 0.29) is 5.76 Å². The third kappa shape index (κ3) is 2.33. The molecule has 0 saturated heterocycles. The Morgan fingerprint density at radius 1 is 1.38 bits per heavy atom. The quantitative estimate of drug-likeness (QED) is 0.602. The standard InChI is InChI=1S/C10H8BrNO/c1-7(6-12)10(13)8-2-4-9(11)5-3-8/h2-5,13H,1H3/b10-7+. The molecule has 0 radical (unpaired) electrons. The lowest BCUT2D eigenvalue weighted by Gasteiger charge is -2.00. The fourth-order valence-electron chi connectivity index (χ4n) is 0.877. The molecule has 0 heterocycles. The van der Waals surface area contributed by atoms with Crippen LogP contribution in [-0.4, -0.2) is 5.11 Å². The van der Waals surface area contributed by atoms with E-state index in [0.29, 0.717) is 11.1 Å². The Labute approximate surface area is 85.3 Å². The number of aliphatic hydroxyl groups is 1. The molecule has 0 spiro atoms. The van der Waals surface area contributed by atoms with Crippen LogP contribution in [0.2, 0.25) is 0 Å². The lowest BCUT2D eigenvalue weighted by Crippen LogP contribution is -1.85. The van der Waals surface area contributed by atoms with Gasteiger partial charge in [-0.3, -0.25) is 0 Å². The van der Waals surface area contributed by atoms with E-state index in [1.807, 2.05) is 18.2 Å². The molecule has 0 amide bonds. The van der Waals surface area contributed by atoms with Crippen molar-refractivity contribution in [1.29, 1.82) is 5.26 Å². The molecule has 1 rings (SSSR count). The van der Waals surface area contributed by atoms with Gasteiger partial charge in [0.1, 0.15) is 5.76 Å². The van der Waals surface area contributed by atoms with Gasteiger partial charge in [-0.15, -0.1) is 0 Å². The Morgan fingerprint density at radius 2 is 1.92 bits per heavy atom. The van der Waals surface area contributed by atoms with E-state index in [2.05, 4.69) is 15.9 Å². The maximum Gasteiger partial charge on any atom is 0.136 e. The first-order valence-electron chi connectivity index (χ1n) is 3.71. The van der Waals surface area contributed by atoms with Gasteiger partial charge in [0, 0.05) is 10.0 Å². The van der Waals surface area contributed by atoms with Crippen LogP contribution in [0.1, 0.15) is 12.5 Å². The molecule has 1 aromatic carbocycles. The lowest BCUT2D eigenvalue weighted by atomic mass is 10.1. The topological polar surface area (TPSA) is 44.0 Å². The van der Waals surface area contributed by atoms with Gasteiger partial charge in [-0.05, 0) is 19.1 Å². The average molecular weight is 238 g/mol. The van der Waals surface area contributed by atoms with Gasteiger partial charge < -0.3 is 5.11 Å². The molecule has 0 atom stereocenters. The number of hydrogen-bond acceptors (Lipinski definition) is 2. The van der Waals surface area contributed by atoms with Crippen LogP contribution in [0.15, 0.2) is 34.3 Å². The Balaban J connectivity index is 3.12. The van der Waals surface area contributed by atoms with Crippen molar-refractivity contribution in [2.24, 2.45) is 0 Å². The summed E-state index contributed by atoms with van der Waals surface area (Å²) < 4.78 is 0.943. The minimum atomic E-state index is 0.0370. The molecule has 0 saturated carbocycles. The summed E-state index contributed by atoms with van der Waals surface area (Å²) in [5.74, 6) is 0.0370. The lowest BCUT2D eigenvalue weighted by molar-refractivity contribution is 0.508. The SMILES string of the molecule is C/C(C#N)=C(\O)c1ccc(Br)cc1. The fraction of sp³-hybridized carbons (Fsp3) is 0.100.